The maximum absolute atomic E-state index is 14.8. The molecular formula is C25H31FN4O. The third kappa shape index (κ3) is 4.02. The minimum atomic E-state index is -0.723. The summed E-state index contributed by atoms with van der Waals surface area (Å²) in [6.07, 6.45) is 9.13. The minimum absolute atomic E-state index is 0.126. The van der Waals surface area contributed by atoms with Crippen LogP contribution in [0.25, 0.3) is 5.57 Å². The first kappa shape index (κ1) is 20.7. The molecule has 4 unspecified atom stereocenters. The van der Waals surface area contributed by atoms with Crippen molar-refractivity contribution in [3.63, 3.8) is 0 Å². The van der Waals surface area contributed by atoms with Gasteiger partial charge in [-0.25, -0.2) is 4.39 Å². The van der Waals surface area contributed by atoms with Crippen LogP contribution in [0, 0.1) is 28.5 Å². The zero-order valence-electron chi connectivity index (χ0n) is 18.2. The number of nitrogens with one attached hydrogen (secondary N) is 2. The van der Waals surface area contributed by atoms with E-state index in [1.165, 1.54) is 18.4 Å². The fourth-order valence-electron chi connectivity index (χ4n) is 5.96. The number of hydrogen-bond donors (Lipinski definition) is 2. The van der Waals surface area contributed by atoms with Gasteiger partial charge in [-0.05, 0) is 92.8 Å². The van der Waals surface area contributed by atoms with E-state index in [1.807, 2.05) is 6.07 Å². The fraction of sp³-hybridized carbons (Fsp3) is 0.600. The van der Waals surface area contributed by atoms with Crippen molar-refractivity contribution in [3.05, 3.63) is 41.2 Å². The number of nitriles is 1. The highest BCUT2D eigenvalue weighted by Crippen LogP contribution is 2.50. The lowest BCUT2D eigenvalue weighted by molar-refractivity contribution is -0.124. The van der Waals surface area contributed by atoms with E-state index in [0.717, 1.165) is 44.3 Å². The summed E-state index contributed by atoms with van der Waals surface area (Å²) in [5, 5.41) is 15.7. The van der Waals surface area contributed by atoms with E-state index < -0.39 is 6.04 Å². The standard InChI is InChI=1S/C25H31FN4O/c1-30-8-6-25(7-9-30)13-19(14-25)16-2-3-17(22(26)12-16)10-21(15-27)29-24(31)23-18-4-5-20(11-18)28-23/h2-3,12-13,18,20-21,23,28H,4-11,14H2,1H3,(H,29,31). The number of likely N-dealkylation sites (tertiary alicyclic amines) is 1. The molecule has 2 aliphatic carbocycles. The smallest absolute Gasteiger partial charge is 0.238 e. The van der Waals surface area contributed by atoms with Crippen molar-refractivity contribution in [2.45, 2.75) is 63.1 Å². The van der Waals surface area contributed by atoms with Crippen LogP contribution in [0.3, 0.4) is 0 Å². The van der Waals surface area contributed by atoms with Gasteiger partial charge >= 0.3 is 0 Å². The molecule has 1 aromatic rings. The Labute approximate surface area is 183 Å². The third-order valence-corrected chi connectivity index (χ3v) is 7.97. The van der Waals surface area contributed by atoms with Crippen LogP contribution >= 0.6 is 0 Å². The summed E-state index contributed by atoms with van der Waals surface area (Å²) in [4.78, 5) is 15.0. The van der Waals surface area contributed by atoms with Crippen LogP contribution in [0.5, 0.6) is 0 Å². The van der Waals surface area contributed by atoms with Crippen LogP contribution in [-0.2, 0) is 11.2 Å². The summed E-state index contributed by atoms with van der Waals surface area (Å²) in [6.45, 7) is 2.24. The predicted octanol–water partition coefficient (Wildman–Crippen LogP) is 3.02. The van der Waals surface area contributed by atoms with Crippen molar-refractivity contribution >= 4 is 11.5 Å². The second-order valence-electron chi connectivity index (χ2n) is 10.1. The Balaban J connectivity index is 1.21. The van der Waals surface area contributed by atoms with Gasteiger partial charge in [-0.1, -0.05) is 18.2 Å². The Kier molecular flexibility index (Phi) is 5.35. The number of hydrogen-bond acceptors (Lipinski definition) is 4. The van der Waals surface area contributed by atoms with Gasteiger partial charge in [-0.2, -0.15) is 5.26 Å². The molecule has 2 heterocycles. The molecule has 1 saturated carbocycles. The van der Waals surface area contributed by atoms with E-state index >= 15 is 0 Å². The average molecular weight is 423 g/mol. The lowest BCUT2D eigenvalue weighted by Crippen LogP contribution is -2.50. The first-order valence-electron chi connectivity index (χ1n) is 11.6. The molecule has 6 heteroatoms. The van der Waals surface area contributed by atoms with Crippen molar-refractivity contribution in [3.8, 4) is 6.07 Å². The monoisotopic (exact) mass is 422 g/mol. The first-order chi connectivity index (χ1) is 14.9. The van der Waals surface area contributed by atoms with E-state index in [-0.39, 0.29) is 24.2 Å². The third-order valence-electron chi connectivity index (χ3n) is 7.97. The van der Waals surface area contributed by atoms with Gasteiger partial charge in [-0.15, -0.1) is 0 Å². The van der Waals surface area contributed by atoms with Gasteiger partial charge in [-0.3, -0.25) is 4.79 Å². The summed E-state index contributed by atoms with van der Waals surface area (Å²) in [5.74, 6) is -0.0573. The Morgan fingerprint density at radius 2 is 2.16 bits per heavy atom. The van der Waals surface area contributed by atoms with E-state index in [2.05, 4.69) is 34.7 Å². The van der Waals surface area contributed by atoms with Gasteiger partial charge in [0.25, 0.3) is 0 Å². The molecule has 5 rings (SSSR count). The molecule has 1 aromatic carbocycles. The zero-order chi connectivity index (χ0) is 21.6. The van der Waals surface area contributed by atoms with E-state index in [1.54, 1.807) is 12.1 Å². The molecule has 2 bridgehead atoms. The second kappa shape index (κ2) is 8.03. The van der Waals surface area contributed by atoms with Crippen molar-refractivity contribution < 1.29 is 9.18 Å². The molecule has 1 amide bonds. The van der Waals surface area contributed by atoms with Crippen LogP contribution in [0.15, 0.2) is 24.3 Å². The molecule has 2 aliphatic heterocycles. The molecule has 164 valence electrons. The van der Waals surface area contributed by atoms with Gasteiger partial charge in [0.1, 0.15) is 11.9 Å². The molecule has 4 atom stereocenters. The van der Waals surface area contributed by atoms with Gasteiger partial charge in [0.2, 0.25) is 5.91 Å². The van der Waals surface area contributed by atoms with Crippen LogP contribution < -0.4 is 10.6 Å². The highest BCUT2D eigenvalue weighted by Gasteiger charge is 2.43. The number of fused-ring (bicyclic) bond motifs is 2. The van der Waals surface area contributed by atoms with E-state index in [9.17, 15) is 14.4 Å². The molecule has 5 nitrogen and oxygen atoms in total. The number of carbonyl (C=O) groups is 1. The number of rotatable bonds is 5. The minimum Gasteiger partial charge on any atom is -0.339 e. The van der Waals surface area contributed by atoms with Crippen molar-refractivity contribution in [2.75, 3.05) is 20.1 Å². The molecule has 31 heavy (non-hydrogen) atoms. The maximum atomic E-state index is 14.8. The van der Waals surface area contributed by atoms with Crippen LogP contribution in [-0.4, -0.2) is 49.1 Å². The van der Waals surface area contributed by atoms with Gasteiger partial charge in [0.05, 0.1) is 12.1 Å². The van der Waals surface area contributed by atoms with Crippen molar-refractivity contribution in [1.82, 2.24) is 15.5 Å². The van der Waals surface area contributed by atoms with Crippen molar-refractivity contribution in [2.24, 2.45) is 11.3 Å². The number of nitrogens with zero attached hydrogens (tertiary/aromatic N) is 2. The lowest BCUT2D eigenvalue weighted by Gasteiger charge is -2.45. The van der Waals surface area contributed by atoms with Crippen LogP contribution in [0.4, 0.5) is 4.39 Å². The Morgan fingerprint density at radius 3 is 2.77 bits per heavy atom. The summed E-state index contributed by atoms with van der Waals surface area (Å²) in [6, 6.07) is 6.96. The predicted molar refractivity (Wildman–Crippen MR) is 117 cm³/mol. The molecule has 1 spiro atoms. The summed E-state index contributed by atoms with van der Waals surface area (Å²) in [7, 11) is 2.16. The average Bonchev–Trinajstić information content (AvgIpc) is 3.37. The number of carbonyl (C=O) groups excluding carboxylic acids is 1. The Hall–Kier alpha value is -2.23. The maximum Gasteiger partial charge on any atom is 0.238 e. The SMILES string of the molecule is CN1CCC2(C=C(c3ccc(CC(C#N)NC(=O)C4NC5CCC4C5)c(F)c3)C2)CC1. The topological polar surface area (TPSA) is 68.2 Å². The molecular weight excluding hydrogens is 391 g/mol. The summed E-state index contributed by atoms with van der Waals surface area (Å²) < 4.78 is 14.8. The number of halogens is 1. The molecule has 0 aromatic heterocycles. The first-order valence-corrected chi connectivity index (χ1v) is 11.6. The molecule has 3 fully saturated rings. The summed E-state index contributed by atoms with van der Waals surface area (Å²) >= 11 is 0. The molecule has 2 saturated heterocycles. The van der Waals surface area contributed by atoms with Crippen LogP contribution in [0.1, 0.15) is 49.7 Å². The van der Waals surface area contributed by atoms with Crippen LogP contribution in [0.2, 0.25) is 0 Å². The Bertz CT molecular complexity index is 943. The van der Waals surface area contributed by atoms with Gasteiger partial charge < -0.3 is 15.5 Å². The largest absolute Gasteiger partial charge is 0.339 e. The number of piperidine rings is 2. The number of benzene rings is 1. The molecule has 2 N–H and O–H groups in total. The number of allylic oxidation sites excluding steroid dienone is 2. The lowest BCUT2D eigenvalue weighted by atomic mass is 9.64. The molecule has 0 radical (unpaired) electrons. The highest BCUT2D eigenvalue weighted by molar-refractivity contribution is 5.83. The Morgan fingerprint density at radius 1 is 1.39 bits per heavy atom. The molecule has 4 aliphatic rings. The quantitative estimate of drug-likeness (QED) is 0.766. The zero-order valence-corrected chi connectivity index (χ0v) is 18.2. The highest BCUT2D eigenvalue weighted by atomic mass is 19.1. The van der Waals surface area contributed by atoms with E-state index in [4.69, 9.17) is 0 Å². The number of amides is 1. The normalized spacial score (nSPS) is 29.8. The van der Waals surface area contributed by atoms with Gasteiger partial charge in [0.15, 0.2) is 0 Å². The van der Waals surface area contributed by atoms with E-state index in [0.29, 0.717) is 22.9 Å². The second-order valence-corrected chi connectivity index (χ2v) is 10.1. The van der Waals surface area contributed by atoms with Gasteiger partial charge in [0, 0.05) is 12.5 Å². The van der Waals surface area contributed by atoms with Crippen molar-refractivity contribution in [1.29, 1.82) is 5.26 Å². The summed E-state index contributed by atoms with van der Waals surface area (Å²) in [5.41, 5.74) is 2.95. The fourth-order valence-corrected chi connectivity index (χ4v) is 5.96.